The molecular weight excluding hydrogens is 310 g/mol. The van der Waals surface area contributed by atoms with E-state index in [2.05, 4.69) is 15.8 Å². The Kier molecular flexibility index (Phi) is 5.94. The van der Waals surface area contributed by atoms with Gasteiger partial charge >= 0.3 is 0 Å². The second-order valence-electron chi connectivity index (χ2n) is 4.76. The van der Waals surface area contributed by atoms with Crippen molar-refractivity contribution in [2.75, 3.05) is 12.4 Å². The number of thiocarbonyl (C=S) groups is 1. The number of hydrogen-bond donors (Lipinski definition) is 3. The summed E-state index contributed by atoms with van der Waals surface area (Å²) in [6, 6.07) is 14.4. The molecule has 3 N–H and O–H groups in total. The maximum Gasteiger partial charge on any atom is 0.191 e. The SMILES string of the molecule is CC/C(=N\NC(=S)Nc1cccc(OC)c1)c1ccc(O)cc1. The van der Waals surface area contributed by atoms with Crippen molar-refractivity contribution in [3.63, 3.8) is 0 Å². The molecule has 23 heavy (non-hydrogen) atoms. The molecule has 0 spiro atoms. The summed E-state index contributed by atoms with van der Waals surface area (Å²) in [4.78, 5) is 0. The number of ether oxygens (including phenoxy) is 1. The molecule has 0 heterocycles. The van der Waals surface area contributed by atoms with Crippen LogP contribution in [-0.4, -0.2) is 23.0 Å². The molecule has 0 aliphatic heterocycles. The highest BCUT2D eigenvalue weighted by molar-refractivity contribution is 7.80. The van der Waals surface area contributed by atoms with Crippen LogP contribution in [0.1, 0.15) is 18.9 Å². The minimum Gasteiger partial charge on any atom is -0.508 e. The Labute approximate surface area is 141 Å². The van der Waals surface area contributed by atoms with E-state index in [9.17, 15) is 5.11 Å². The Morgan fingerprint density at radius 1 is 1.22 bits per heavy atom. The van der Waals surface area contributed by atoms with Crippen LogP contribution in [0.5, 0.6) is 11.5 Å². The van der Waals surface area contributed by atoms with Gasteiger partial charge in [-0.05, 0) is 60.6 Å². The average molecular weight is 329 g/mol. The molecule has 0 aromatic heterocycles. The standard InChI is InChI=1S/C17H19N3O2S/c1-3-16(12-7-9-14(21)10-8-12)19-20-17(23)18-13-5-4-6-15(11-13)22-2/h4-11,21H,3H2,1-2H3,(H2,18,20,23)/b19-16+. The van der Waals surface area contributed by atoms with Crippen LogP contribution in [-0.2, 0) is 0 Å². The van der Waals surface area contributed by atoms with E-state index in [1.165, 1.54) is 0 Å². The third-order valence-electron chi connectivity index (χ3n) is 3.16. The van der Waals surface area contributed by atoms with Crippen LogP contribution < -0.4 is 15.5 Å². The number of hydrazone groups is 1. The van der Waals surface area contributed by atoms with E-state index in [0.29, 0.717) is 5.11 Å². The lowest BCUT2D eigenvalue weighted by Gasteiger charge is -2.10. The molecule has 2 rings (SSSR count). The predicted molar refractivity (Wildman–Crippen MR) is 97.3 cm³/mol. The molecule has 0 aliphatic carbocycles. The van der Waals surface area contributed by atoms with Crippen molar-refractivity contribution in [3.05, 3.63) is 54.1 Å². The van der Waals surface area contributed by atoms with Crippen LogP contribution in [0.25, 0.3) is 0 Å². The van der Waals surface area contributed by atoms with Crippen molar-refractivity contribution in [3.8, 4) is 11.5 Å². The molecule has 0 saturated heterocycles. The zero-order chi connectivity index (χ0) is 16.7. The van der Waals surface area contributed by atoms with E-state index in [1.807, 2.05) is 43.3 Å². The van der Waals surface area contributed by atoms with Gasteiger partial charge in [0.05, 0.1) is 12.8 Å². The maximum absolute atomic E-state index is 9.34. The third kappa shape index (κ3) is 4.96. The minimum absolute atomic E-state index is 0.229. The second kappa shape index (κ2) is 8.14. The molecule has 0 bridgehead atoms. The van der Waals surface area contributed by atoms with Crippen molar-refractivity contribution >= 4 is 28.7 Å². The van der Waals surface area contributed by atoms with Crippen LogP contribution in [0.3, 0.4) is 0 Å². The maximum atomic E-state index is 9.34. The lowest BCUT2D eigenvalue weighted by molar-refractivity contribution is 0.415. The first-order chi connectivity index (χ1) is 11.1. The molecule has 2 aromatic rings. The lowest BCUT2D eigenvalue weighted by Crippen LogP contribution is -2.25. The molecule has 5 nitrogen and oxygen atoms in total. The monoisotopic (exact) mass is 329 g/mol. The van der Waals surface area contributed by atoms with Gasteiger partial charge in [-0.3, -0.25) is 5.43 Å². The average Bonchev–Trinajstić information content (AvgIpc) is 2.57. The van der Waals surface area contributed by atoms with E-state index < -0.39 is 0 Å². The Morgan fingerprint density at radius 2 is 1.96 bits per heavy atom. The van der Waals surface area contributed by atoms with Crippen LogP contribution in [0.4, 0.5) is 5.69 Å². The summed E-state index contributed by atoms with van der Waals surface area (Å²) < 4.78 is 5.17. The van der Waals surface area contributed by atoms with E-state index in [0.717, 1.165) is 29.1 Å². The molecule has 0 radical (unpaired) electrons. The largest absolute Gasteiger partial charge is 0.508 e. The summed E-state index contributed by atoms with van der Waals surface area (Å²) in [5.41, 5.74) is 5.44. The summed E-state index contributed by atoms with van der Waals surface area (Å²) in [6.07, 6.45) is 0.736. The minimum atomic E-state index is 0.229. The number of hydrogen-bond acceptors (Lipinski definition) is 4. The van der Waals surface area contributed by atoms with Crippen LogP contribution in [0.2, 0.25) is 0 Å². The number of nitrogens with zero attached hydrogens (tertiary/aromatic N) is 1. The van der Waals surface area contributed by atoms with Crippen molar-refractivity contribution in [2.24, 2.45) is 5.10 Å². The number of methoxy groups -OCH3 is 1. The number of rotatable bonds is 5. The van der Waals surface area contributed by atoms with Gasteiger partial charge in [-0.15, -0.1) is 0 Å². The summed E-state index contributed by atoms with van der Waals surface area (Å²) in [7, 11) is 1.62. The summed E-state index contributed by atoms with van der Waals surface area (Å²) in [5, 5.41) is 17.1. The Morgan fingerprint density at radius 3 is 2.61 bits per heavy atom. The molecule has 0 saturated carbocycles. The van der Waals surface area contributed by atoms with E-state index >= 15 is 0 Å². The highest BCUT2D eigenvalue weighted by Gasteiger charge is 2.03. The van der Waals surface area contributed by atoms with Gasteiger partial charge in [0.2, 0.25) is 0 Å². The Balaban J connectivity index is 2.01. The van der Waals surface area contributed by atoms with Gasteiger partial charge in [0.25, 0.3) is 0 Å². The van der Waals surface area contributed by atoms with Gasteiger partial charge in [0, 0.05) is 11.8 Å². The number of phenols is 1. The van der Waals surface area contributed by atoms with Crippen LogP contribution in [0.15, 0.2) is 53.6 Å². The van der Waals surface area contributed by atoms with Gasteiger partial charge < -0.3 is 15.2 Å². The van der Waals surface area contributed by atoms with Crippen molar-refractivity contribution < 1.29 is 9.84 Å². The zero-order valence-electron chi connectivity index (χ0n) is 13.0. The fourth-order valence-electron chi connectivity index (χ4n) is 1.98. The smallest absolute Gasteiger partial charge is 0.191 e. The molecule has 0 fully saturated rings. The fourth-order valence-corrected chi connectivity index (χ4v) is 2.14. The molecule has 2 aromatic carbocycles. The van der Waals surface area contributed by atoms with Gasteiger partial charge in [-0.25, -0.2) is 0 Å². The topological polar surface area (TPSA) is 65.9 Å². The summed E-state index contributed by atoms with van der Waals surface area (Å²) >= 11 is 5.24. The van der Waals surface area contributed by atoms with E-state index in [1.54, 1.807) is 19.2 Å². The molecule has 120 valence electrons. The lowest BCUT2D eigenvalue weighted by atomic mass is 10.1. The number of nitrogens with one attached hydrogen (secondary N) is 2. The summed E-state index contributed by atoms with van der Waals surface area (Å²) in [6.45, 7) is 2.01. The quantitative estimate of drug-likeness (QED) is 0.445. The molecule has 0 unspecified atom stereocenters. The highest BCUT2D eigenvalue weighted by Crippen LogP contribution is 2.16. The molecule has 0 aliphatic rings. The van der Waals surface area contributed by atoms with Gasteiger partial charge in [0.1, 0.15) is 11.5 Å². The molecule has 0 amide bonds. The van der Waals surface area contributed by atoms with Crippen LogP contribution in [0, 0.1) is 0 Å². The number of anilines is 1. The molecular formula is C17H19N3O2S. The number of aromatic hydroxyl groups is 1. The summed E-state index contributed by atoms with van der Waals surface area (Å²) in [5.74, 6) is 0.979. The van der Waals surface area contributed by atoms with E-state index in [-0.39, 0.29) is 5.75 Å². The number of phenolic OH excluding ortho intramolecular Hbond substituents is 1. The van der Waals surface area contributed by atoms with Crippen molar-refractivity contribution in [2.45, 2.75) is 13.3 Å². The molecule has 0 atom stereocenters. The van der Waals surface area contributed by atoms with Gasteiger partial charge in [0.15, 0.2) is 5.11 Å². The third-order valence-corrected chi connectivity index (χ3v) is 3.35. The zero-order valence-corrected chi connectivity index (χ0v) is 13.9. The van der Waals surface area contributed by atoms with Crippen molar-refractivity contribution in [1.82, 2.24) is 5.43 Å². The van der Waals surface area contributed by atoms with Crippen molar-refractivity contribution in [1.29, 1.82) is 0 Å². The first kappa shape index (κ1) is 16.8. The normalized spacial score (nSPS) is 11.0. The molecule has 6 heteroatoms. The predicted octanol–water partition coefficient (Wildman–Crippen LogP) is 3.50. The highest BCUT2D eigenvalue weighted by atomic mass is 32.1. The first-order valence-electron chi connectivity index (χ1n) is 7.19. The second-order valence-corrected chi connectivity index (χ2v) is 5.17. The van der Waals surface area contributed by atoms with Crippen LogP contribution >= 0.6 is 12.2 Å². The Hall–Kier alpha value is -2.60. The first-order valence-corrected chi connectivity index (χ1v) is 7.60. The van der Waals surface area contributed by atoms with Gasteiger partial charge in [-0.2, -0.15) is 5.10 Å². The Bertz CT molecular complexity index is 699. The fraction of sp³-hybridized carbons (Fsp3) is 0.176. The van der Waals surface area contributed by atoms with Gasteiger partial charge in [-0.1, -0.05) is 13.0 Å². The van der Waals surface area contributed by atoms with E-state index in [4.69, 9.17) is 17.0 Å². The number of benzene rings is 2.